The molecular formula is C29H33F5N4O5S2. The van der Waals surface area contributed by atoms with Gasteiger partial charge in [0, 0.05) is 25.7 Å². The van der Waals surface area contributed by atoms with E-state index in [9.17, 15) is 40.3 Å². The van der Waals surface area contributed by atoms with Crippen molar-refractivity contribution in [2.45, 2.75) is 49.7 Å². The molecule has 16 heteroatoms. The number of carbonyl (C=O) groups is 1. The summed E-state index contributed by atoms with van der Waals surface area (Å²) in [5.74, 6) is -0.610. The van der Waals surface area contributed by atoms with Crippen LogP contribution in [-0.2, 0) is 20.8 Å². The van der Waals surface area contributed by atoms with E-state index in [1.54, 1.807) is 4.90 Å². The van der Waals surface area contributed by atoms with Crippen LogP contribution in [-0.4, -0.2) is 80.6 Å². The molecule has 0 bridgehead atoms. The number of carbonyl (C=O) groups excluding carboxylic acids is 1. The standard InChI is InChI=1S/C29H33F5N4O5S2/c1-3-45(41,42)23-10-6-20(7-11-23)24(16-39)36-26(40)25-14-35-28(44-25)38-13-12-37(15-22(38)17-43-27(30)31)18(2)19-4-8-21(9-5-19)29(32,33)34/h4-11,14,18,22,24,27,39H,3,12-13,15-17H2,1-2H3,(H,36,40)/t18-,22+,24+/m1/s1. The van der Waals surface area contributed by atoms with E-state index in [0.29, 0.717) is 29.3 Å². The minimum atomic E-state index is -4.46. The van der Waals surface area contributed by atoms with Crippen molar-refractivity contribution in [3.63, 3.8) is 0 Å². The molecule has 3 atom stereocenters. The Kier molecular flexibility index (Phi) is 11.2. The number of nitrogens with zero attached hydrogens (tertiary/aromatic N) is 3. The lowest BCUT2D eigenvalue weighted by Crippen LogP contribution is -2.55. The number of rotatable bonds is 12. The van der Waals surface area contributed by atoms with Crippen molar-refractivity contribution in [3.8, 4) is 0 Å². The summed E-state index contributed by atoms with van der Waals surface area (Å²) in [5, 5.41) is 13.0. The second kappa shape index (κ2) is 14.5. The second-order valence-electron chi connectivity index (χ2n) is 10.4. The average molecular weight is 677 g/mol. The molecule has 1 aliphatic heterocycles. The van der Waals surface area contributed by atoms with E-state index in [1.807, 2.05) is 11.8 Å². The number of hydrogen-bond acceptors (Lipinski definition) is 9. The Balaban J connectivity index is 1.46. The predicted molar refractivity (Wildman–Crippen MR) is 158 cm³/mol. The number of thiazole rings is 1. The molecule has 1 aliphatic rings. The fourth-order valence-electron chi connectivity index (χ4n) is 5.01. The van der Waals surface area contributed by atoms with Gasteiger partial charge < -0.3 is 20.1 Å². The summed E-state index contributed by atoms with van der Waals surface area (Å²) in [6.45, 7) is 0.526. The van der Waals surface area contributed by atoms with Gasteiger partial charge in [0.25, 0.3) is 5.91 Å². The van der Waals surface area contributed by atoms with Gasteiger partial charge in [-0.1, -0.05) is 42.5 Å². The highest BCUT2D eigenvalue weighted by Crippen LogP contribution is 2.33. The fourth-order valence-corrected chi connectivity index (χ4v) is 6.81. The molecule has 1 aromatic heterocycles. The van der Waals surface area contributed by atoms with E-state index in [0.717, 1.165) is 23.5 Å². The first kappa shape index (κ1) is 34.7. The molecule has 2 heterocycles. The van der Waals surface area contributed by atoms with Gasteiger partial charge in [-0.2, -0.15) is 22.0 Å². The molecule has 1 saturated heterocycles. The number of aliphatic hydroxyl groups excluding tert-OH is 1. The van der Waals surface area contributed by atoms with Crippen LogP contribution in [0.25, 0.3) is 0 Å². The van der Waals surface area contributed by atoms with Gasteiger partial charge in [-0.15, -0.1) is 0 Å². The van der Waals surface area contributed by atoms with E-state index in [4.69, 9.17) is 0 Å². The highest BCUT2D eigenvalue weighted by molar-refractivity contribution is 7.91. The van der Waals surface area contributed by atoms with Crippen LogP contribution >= 0.6 is 11.3 Å². The number of halogens is 5. The Bertz CT molecular complexity index is 1540. The maximum Gasteiger partial charge on any atom is 0.416 e. The molecule has 246 valence electrons. The van der Waals surface area contributed by atoms with Gasteiger partial charge in [-0.3, -0.25) is 9.69 Å². The summed E-state index contributed by atoms with van der Waals surface area (Å²) >= 11 is 1.03. The number of nitrogens with one attached hydrogen (secondary N) is 1. The Morgan fingerprint density at radius 1 is 1.11 bits per heavy atom. The number of piperazine rings is 1. The van der Waals surface area contributed by atoms with Crippen LogP contribution in [0.5, 0.6) is 0 Å². The lowest BCUT2D eigenvalue weighted by molar-refractivity contribution is -0.137. The van der Waals surface area contributed by atoms with Gasteiger partial charge >= 0.3 is 12.8 Å². The average Bonchev–Trinajstić information content (AvgIpc) is 3.52. The summed E-state index contributed by atoms with van der Waals surface area (Å²) in [7, 11) is -3.42. The normalized spacial score (nSPS) is 17.8. The Hall–Kier alpha value is -3.18. The van der Waals surface area contributed by atoms with E-state index in [-0.39, 0.29) is 34.7 Å². The number of aliphatic hydroxyl groups is 1. The fraction of sp³-hybridized carbons (Fsp3) is 0.448. The third kappa shape index (κ3) is 8.55. The van der Waals surface area contributed by atoms with Crippen molar-refractivity contribution >= 4 is 32.2 Å². The number of amides is 1. The molecular weight excluding hydrogens is 643 g/mol. The molecule has 2 aromatic carbocycles. The Morgan fingerprint density at radius 3 is 2.33 bits per heavy atom. The monoisotopic (exact) mass is 676 g/mol. The molecule has 3 aromatic rings. The SMILES string of the molecule is CCS(=O)(=O)c1ccc([C@H](CO)NC(=O)c2cnc(N3CCN([C@H](C)c4ccc(C(F)(F)F)cc4)C[C@H]3COC(F)F)s2)cc1. The molecule has 1 fully saturated rings. The van der Waals surface area contributed by atoms with Crippen LogP contribution in [0.4, 0.5) is 27.1 Å². The molecule has 0 spiro atoms. The minimum Gasteiger partial charge on any atom is -0.394 e. The maximum absolute atomic E-state index is 13.1. The highest BCUT2D eigenvalue weighted by atomic mass is 32.2. The van der Waals surface area contributed by atoms with Gasteiger partial charge in [-0.05, 0) is 42.3 Å². The zero-order valence-corrected chi connectivity index (χ0v) is 26.0. The number of alkyl halides is 5. The smallest absolute Gasteiger partial charge is 0.394 e. The van der Waals surface area contributed by atoms with Crippen molar-refractivity contribution in [2.24, 2.45) is 0 Å². The van der Waals surface area contributed by atoms with Crippen LogP contribution in [0.2, 0.25) is 0 Å². The topological polar surface area (TPSA) is 112 Å². The molecule has 0 radical (unpaired) electrons. The van der Waals surface area contributed by atoms with E-state index in [1.165, 1.54) is 49.5 Å². The zero-order valence-electron chi connectivity index (χ0n) is 24.4. The second-order valence-corrected chi connectivity index (χ2v) is 13.7. The van der Waals surface area contributed by atoms with Crippen LogP contribution in [0.3, 0.4) is 0 Å². The van der Waals surface area contributed by atoms with Gasteiger partial charge in [0.2, 0.25) is 0 Å². The summed E-state index contributed by atoms with van der Waals surface area (Å²) < 4.78 is 93.8. The van der Waals surface area contributed by atoms with Crippen molar-refractivity contribution in [2.75, 3.05) is 43.5 Å². The molecule has 2 N–H and O–H groups in total. The van der Waals surface area contributed by atoms with Gasteiger partial charge in [0.05, 0.1) is 47.7 Å². The molecule has 1 amide bonds. The van der Waals surface area contributed by atoms with Crippen LogP contribution in [0.1, 0.15) is 52.3 Å². The van der Waals surface area contributed by atoms with Gasteiger partial charge in [-0.25, -0.2) is 13.4 Å². The third-order valence-corrected chi connectivity index (χ3v) is 10.5. The number of sulfone groups is 1. The largest absolute Gasteiger partial charge is 0.416 e. The first-order chi connectivity index (χ1) is 21.2. The zero-order chi connectivity index (χ0) is 32.9. The van der Waals surface area contributed by atoms with Gasteiger partial charge in [0.15, 0.2) is 15.0 Å². The van der Waals surface area contributed by atoms with E-state index in [2.05, 4.69) is 15.0 Å². The van der Waals surface area contributed by atoms with Crippen molar-refractivity contribution < 1.29 is 45.0 Å². The van der Waals surface area contributed by atoms with Crippen molar-refractivity contribution in [1.82, 2.24) is 15.2 Å². The highest BCUT2D eigenvalue weighted by Gasteiger charge is 2.34. The number of aromatic nitrogens is 1. The molecule has 0 saturated carbocycles. The number of hydrogen-bond donors (Lipinski definition) is 2. The Morgan fingerprint density at radius 2 is 1.76 bits per heavy atom. The molecule has 45 heavy (non-hydrogen) atoms. The summed E-state index contributed by atoms with van der Waals surface area (Å²) in [6.07, 6.45) is -3.12. The summed E-state index contributed by atoms with van der Waals surface area (Å²) in [4.78, 5) is 21.5. The maximum atomic E-state index is 13.1. The number of anilines is 1. The van der Waals surface area contributed by atoms with Gasteiger partial charge in [0.1, 0.15) is 4.88 Å². The Labute approximate surface area is 261 Å². The minimum absolute atomic E-state index is 0.0669. The molecule has 0 unspecified atom stereocenters. The van der Waals surface area contributed by atoms with Crippen LogP contribution < -0.4 is 10.2 Å². The first-order valence-electron chi connectivity index (χ1n) is 14.0. The predicted octanol–water partition coefficient (Wildman–Crippen LogP) is 4.91. The van der Waals surface area contributed by atoms with Crippen LogP contribution in [0, 0.1) is 0 Å². The lowest BCUT2D eigenvalue weighted by atomic mass is 10.0. The number of ether oxygens (including phenoxy) is 1. The third-order valence-electron chi connectivity index (χ3n) is 7.67. The summed E-state index contributed by atoms with van der Waals surface area (Å²) in [5.41, 5.74) is 0.368. The van der Waals surface area contributed by atoms with Crippen LogP contribution in [0.15, 0.2) is 59.6 Å². The van der Waals surface area contributed by atoms with Crippen molar-refractivity contribution in [1.29, 1.82) is 0 Å². The molecule has 9 nitrogen and oxygen atoms in total. The lowest BCUT2D eigenvalue weighted by Gasteiger charge is -2.43. The van der Waals surface area contributed by atoms with E-state index >= 15 is 0 Å². The van der Waals surface area contributed by atoms with E-state index < -0.39 is 52.8 Å². The molecule has 0 aliphatic carbocycles. The summed E-state index contributed by atoms with van der Waals surface area (Å²) in [6, 6.07) is 8.92. The quantitative estimate of drug-likeness (QED) is 0.261. The number of benzene rings is 2. The first-order valence-corrected chi connectivity index (χ1v) is 16.5. The molecule has 4 rings (SSSR count). The van der Waals surface area contributed by atoms with Crippen molar-refractivity contribution in [3.05, 3.63) is 76.3 Å².